The van der Waals surface area contributed by atoms with Crippen molar-refractivity contribution in [2.45, 2.75) is 6.29 Å². The zero-order chi connectivity index (χ0) is 13.2. The molecule has 1 fully saturated rings. The first-order valence-electron chi connectivity index (χ1n) is 5.85. The lowest BCUT2D eigenvalue weighted by molar-refractivity contribution is -0.170. The van der Waals surface area contributed by atoms with Crippen LogP contribution in [0.1, 0.15) is 0 Å². The molecule has 0 spiro atoms. The summed E-state index contributed by atoms with van der Waals surface area (Å²) in [7, 11) is 0. The summed E-state index contributed by atoms with van der Waals surface area (Å²) in [6, 6.07) is 6.11. The Morgan fingerprint density at radius 2 is 2.16 bits per heavy atom. The van der Waals surface area contributed by atoms with Gasteiger partial charge < -0.3 is 14.2 Å². The average molecular weight is 284 g/mol. The molecule has 1 atom stereocenters. The van der Waals surface area contributed by atoms with Gasteiger partial charge in [-0.2, -0.15) is 0 Å². The maximum Gasteiger partial charge on any atom is 0.223 e. The smallest absolute Gasteiger partial charge is 0.223 e. The Morgan fingerprint density at radius 3 is 2.95 bits per heavy atom. The molecule has 1 unspecified atom stereocenters. The lowest BCUT2D eigenvalue weighted by Crippen LogP contribution is -2.33. The molecule has 2 aromatic rings. The summed E-state index contributed by atoms with van der Waals surface area (Å²) in [5.74, 6) is 0.0572. The third-order valence-corrected chi connectivity index (χ3v) is 2.99. The molecule has 0 bridgehead atoms. The second-order valence-corrected chi connectivity index (χ2v) is 4.46. The topological polar surface area (TPSA) is 40.6 Å². The predicted molar refractivity (Wildman–Crippen MR) is 67.9 cm³/mol. The molecule has 1 aliphatic rings. The zero-order valence-electron chi connectivity index (χ0n) is 9.94. The number of ether oxygens (including phenoxy) is 3. The Kier molecular flexibility index (Phi) is 3.50. The Hall–Kier alpha value is -1.43. The summed E-state index contributed by atoms with van der Waals surface area (Å²) in [5, 5.41) is 0.791. The van der Waals surface area contributed by atoms with E-state index in [1.165, 1.54) is 6.07 Å². The molecule has 1 saturated heterocycles. The predicted octanol–water partition coefficient (Wildman–Crippen LogP) is 2.78. The highest BCUT2D eigenvalue weighted by Crippen LogP contribution is 2.29. The summed E-state index contributed by atoms with van der Waals surface area (Å²) >= 11 is 5.77. The molecule has 0 saturated carbocycles. The number of nitrogens with zero attached hydrogens (tertiary/aromatic N) is 1. The molecular weight excluding hydrogens is 273 g/mol. The number of fused-ring (bicyclic) bond motifs is 1. The Labute approximate surface area is 114 Å². The van der Waals surface area contributed by atoms with Crippen molar-refractivity contribution in [1.82, 2.24) is 4.98 Å². The van der Waals surface area contributed by atoms with E-state index in [4.69, 9.17) is 25.8 Å². The van der Waals surface area contributed by atoms with Crippen LogP contribution in [0.2, 0.25) is 5.15 Å². The van der Waals surface area contributed by atoms with Crippen LogP contribution in [0.15, 0.2) is 24.3 Å². The lowest BCUT2D eigenvalue weighted by atomic mass is 10.2. The molecule has 4 nitrogen and oxygen atoms in total. The van der Waals surface area contributed by atoms with Crippen molar-refractivity contribution >= 4 is 22.5 Å². The van der Waals surface area contributed by atoms with Crippen LogP contribution >= 0.6 is 11.6 Å². The van der Waals surface area contributed by atoms with E-state index in [0.717, 1.165) is 0 Å². The van der Waals surface area contributed by atoms with Crippen molar-refractivity contribution in [1.29, 1.82) is 0 Å². The van der Waals surface area contributed by atoms with E-state index in [1.54, 1.807) is 18.2 Å². The van der Waals surface area contributed by atoms with Crippen LogP contribution in [0.5, 0.6) is 5.75 Å². The quantitative estimate of drug-likeness (QED) is 0.795. The largest absolute Gasteiger partial charge is 0.462 e. The monoisotopic (exact) mass is 283 g/mol. The van der Waals surface area contributed by atoms with Crippen LogP contribution in [-0.2, 0) is 9.47 Å². The normalized spacial score (nSPS) is 19.6. The van der Waals surface area contributed by atoms with Gasteiger partial charge in [0.25, 0.3) is 0 Å². The standard InChI is InChI=1S/C13H11ClFNO3/c14-11-4-1-8-10(3-2-9(15)13(8)16-11)19-12-7-17-5-6-18-12/h1-4,12H,5-7H2. The van der Waals surface area contributed by atoms with Gasteiger partial charge in [0, 0.05) is 5.39 Å². The Bertz CT molecular complexity index is 602. The summed E-state index contributed by atoms with van der Waals surface area (Å²) in [5.41, 5.74) is 0.182. The minimum atomic E-state index is -0.488. The summed E-state index contributed by atoms with van der Waals surface area (Å²) < 4.78 is 30.0. The molecule has 6 heteroatoms. The SMILES string of the molecule is Fc1ccc(OC2COCCO2)c2ccc(Cl)nc12. The fraction of sp³-hybridized carbons (Fsp3) is 0.308. The molecule has 2 heterocycles. The number of pyridine rings is 1. The van der Waals surface area contributed by atoms with Crippen molar-refractivity contribution in [2.75, 3.05) is 19.8 Å². The van der Waals surface area contributed by atoms with Gasteiger partial charge >= 0.3 is 0 Å². The maximum absolute atomic E-state index is 13.7. The molecule has 100 valence electrons. The minimum absolute atomic E-state index is 0.182. The highest BCUT2D eigenvalue weighted by atomic mass is 35.5. The maximum atomic E-state index is 13.7. The van der Waals surface area contributed by atoms with E-state index in [1.807, 2.05) is 0 Å². The fourth-order valence-corrected chi connectivity index (χ4v) is 2.06. The number of halogens is 2. The number of hydrogen-bond donors (Lipinski definition) is 0. The van der Waals surface area contributed by atoms with Crippen LogP contribution in [0, 0.1) is 5.82 Å². The Morgan fingerprint density at radius 1 is 1.26 bits per heavy atom. The second-order valence-electron chi connectivity index (χ2n) is 4.07. The van der Waals surface area contributed by atoms with Gasteiger partial charge in [-0.05, 0) is 24.3 Å². The van der Waals surface area contributed by atoms with E-state index in [0.29, 0.717) is 31.0 Å². The third kappa shape index (κ3) is 2.63. The molecule has 19 heavy (non-hydrogen) atoms. The molecule has 0 radical (unpaired) electrons. The van der Waals surface area contributed by atoms with Crippen LogP contribution in [0.3, 0.4) is 0 Å². The van der Waals surface area contributed by atoms with Crippen LogP contribution in [0.25, 0.3) is 10.9 Å². The van der Waals surface area contributed by atoms with Crippen molar-refractivity contribution < 1.29 is 18.6 Å². The van der Waals surface area contributed by atoms with Gasteiger partial charge in [-0.15, -0.1) is 0 Å². The molecule has 0 amide bonds. The van der Waals surface area contributed by atoms with Crippen LogP contribution < -0.4 is 4.74 Å². The molecule has 1 aliphatic heterocycles. The molecule has 0 aliphatic carbocycles. The van der Waals surface area contributed by atoms with E-state index < -0.39 is 12.1 Å². The van der Waals surface area contributed by atoms with Gasteiger partial charge in [-0.3, -0.25) is 0 Å². The first-order valence-corrected chi connectivity index (χ1v) is 6.22. The van der Waals surface area contributed by atoms with Gasteiger partial charge in [0.05, 0.1) is 13.2 Å². The Balaban J connectivity index is 1.96. The number of rotatable bonds is 2. The second kappa shape index (κ2) is 5.28. The van der Waals surface area contributed by atoms with E-state index in [9.17, 15) is 4.39 Å². The number of hydrogen-bond acceptors (Lipinski definition) is 4. The van der Waals surface area contributed by atoms with Crippen LogP contribution in [-0.4, -0.2) is 31.1 Å². The summed E-state index contributed by atoms with van der Waals surface area (Å²) in [4.78, 5) is 3.97. The fourth-order valence-electron chi connectivity index (χ4n) is 1.91. The van der Waals surface area contributed by atoms with Crippen molar-refractivity contribution in [3.63, 3.8) is 0 Å². The molecule has 1 aromatic heterocycles. The first-order chi connectivity index (χ1) is 9.24. The first kappa shape index (κ1) is 12.6. The van der Waals surface area contributed by atoms with Gasteiger partial charge in [-0.25, -0.2) is 9.37 Å². The van der Waals surface area contributed by atoms with Gasteiger partial charge in [0.15, 0.2) is 0 Å². The van der Waals surface area contributed by atoms with E-state index in [-0.39, 0.29) is 10.7 Å². The average Bonchev–Trinajstić information content (AvgIpc) is 2.43. The minimum Gasteiger partial charge on any atom is -0.462 e. The highest BCUT2D eigenvalue weighted by molar-refractivity contribution is 6.29. The van der Waals surface area contributed by atoms with E-state index >= 15 is 0 Å². The van der Waals surface area contributed by atoms with Gasteiger partial charge in [-0.1, -0.05) is 11.6 Å². The lowest BCUT2D eigenvalue weighted by Gasteiger charge is -2.24. The summed E-state index contributed by atoms with van der Waals surface area (Å²) in [6.45, 7) is 1.38. The van der Waals surface area contributed by atoms with Crippen molar-refractivity contribution in [3.05, 3.63) is 35.2 Å². The van der Waals surface area contributed by atoms with Gasteiger partial charge in [0.1, 0.15) is 28.8 Å². The van der Waals surface area contributed by atoms with Crippen LogP contribution in [0.4, 0.5) is 4.39 Å². The number of aromatic nitrogens is 1. The van der Waals surface area contributed by atoms with Gasteiger partial charge in [0.2, 0.25) is 6.29 Å². The van der Waals surface area contributed by atoms with Crippen molar-refractivity contribution in [2.24, 2.45) is 0 Å². The molecule has 1 aromatic carbocycles. The van der Waals surface area contributed by atoms with Crippen molar-refractivity contribution in [3.8, 4) is 5.75 Å². The highest BCUT2D eigenvalue weighted by Gasteiger charge is 2.18. The third-order valence-electron chi connectivity index (χ3n) is 2.78. The zero-order valence-corrected chi connectivity index (χ0v) is 10.7. The molecular formula is C13H11ClFNO3. The molecule has 3 rings (SSSR count). The number of benzene rings is 1. The molecule has 0 N–H and O–H groups in total. The summed E-state index contributed by atoms with van der Waals surface area (Å²) in [6.07, 6.45) is -0.488. The van der Waals surface area contributed by atoms with E-state index in [2.05, 4.69) is 4.98 Å².